The van der Waals surface area contributed by atoms with Crippen LogP contribution < -0.4 is 5.32 Å². The van der Waals surface area contributed by atoms with Crippen LogP contribution in [-0.4, -0.2) is 48.8 Å². The van der Waals surface area contributed by atoms with Gasteiger partial charge in [0.15, 0.2) is 0 Å². The van der Waals surface area contributed by atoms with E-state index < -0.39 is 27.9 Å². The van der Waals surface area contributed by atoms with Crippen molar-refractivity contribution in [3.63, 3.8) is 0 Å². The fourth-order valence-corrected chi connectivity index (χ4v) is 3.59. The Kier molecular flexibility index (Phi) is 7.13. The molecule has 0 spiro atoms. The minimum Gasteiger partial charge on any atom is -0.480 e. The molecule has 0 aliphatic heterocycles. The summed E-state index contributed by atoms with van der Waals surface area (Å²) < 4.78 is 26.3. The minimum atomic E-state index is -3.72. The summed E-state index contributed by atoms with van der Waals surface area (Å²) in [7, 11) is -2.25. The van der Waals surface area contributed by atoms with Crippen LogP contribution in [0.5, 0.6) is 0 Å². The van der Waals surface area contributed by atoms with Crippen LogP contribution in [0.15, 0.2) is 29.2 Å². The monoisotopic (exact) mass is 370 g/mol. The van der Waals surface area contributed by atoms with Crippen molar-refractivity contribution in [3.8, 4) is 0 Å². The number of benzene rings is 1. The average molecular weight is 370 g/mol. The van der Waals surface area contributed by atoms with Gasteiger partial charge in [-0.25, -0.2) is 13.2 Å². The number of aliphatic carboxylic acids is 1. The van der Waals surface area contributed by atoms with Crippen LogP contribution in [0.4, 0.5) is 0 Å². The summed E-state index contributed by atoms with van der Waals surface area (Å²) in [6, 6.07) is 4.34. The van der Waals surface area contributed by atoms with Gasteiger partial charge in [0.1, 0.15) is 6.04 Å². The highest BCUT2D eigenvalue weighted by Crippen LogP contribution is 2.18. The van der Waals surface area contributed by atoms with Gasteiger partial charge in [0.25, 0.3) is 5.91 Å². The molecule has 1 aromatic rings. The number of carboxylic acid groups (broad SMARTS) is 1. The molecule has 0 heterocycles. The third-order valence-corrected chi connectivity index (χ3v) is 5.84. The Balaban J connectivity index is 3.08. The molecule has 25 heavy (non-hydrogen) atoms. The molecule has 7 nitrogen and oxygen atoms in total. The van der Waals surface area contributed by atoms with Gasteiger partial charge < -0.3 is 10.4 Å². The lowest BCUT2D eigenvalue weighted by Crippen LogP contribution is -2.41. The second-order valence-corrected chi connectivity index (χ2v) is 8.63. The van der Waals surface area contributed by atoms with Crippen LogP contribution in [0.25, 0.3) is 0 Å². The molecule has 0 fully saturated rings. The molecule has 0 aliphatic rings. The zero-order chi connectivity index (χ0) is 19.4. The lowest BCUT2D eigenvalue weighted by molar-refractivity contribution is -0.139. The number of nitrogens with zero attached hydrogens (tertiary/aromatic N) is 1. The van der Waals surface area contributed by atoms with Crippen molar-refractivity contribution < 1.29 is 23.1 Å². The zero-order valence-corrected chi connectivity index (χ0v) is 16.0. The molecule has 0 saturated heterocycles. The van der Waals surface area contributed by atoms with Crippen LogP contribution in [-0.2, 0) is 14.8 Å². The Morgan fingerprint density at radius 1 is 1.20 bits per heavy atom. The number of hydrogen-bond acceptors (Lipinski definition) is 4. The summed E-state index contributed by atoms with van der Waals surface area (Å²) in [5, 5.41) is 11.7. The van der Waals surface area contributed by atoms with Gasteiger partial charge in [-0.1, -0.05) is 19.9 Å². The summed E-state index contributed by atoms with van der Waals surface area (Å²) in [5.74, 6) is -1.64. The van der Waals surface area contributed by atoms with E-state index in [1.54, 1.807) is 13.8 Å². The number of amides is 1. The summed E-state index contributed by atoms with van der Waals surface area (Å²) in [6.45, 7) is 7.21. The molecular formula is C17H26N2O5S. The van der Waals surface area contributed by atoms with Crippen LogP contribution >= 0.6 is 0 Å². The molecular weight excluding hydrogens is 344 g/mol. The van der Waals surface area contributed by atoms with E-state index in [4.69, 9.17) is 0 Å². The van der Waals surface area contributed by atoms with Crippen molar-refractivity contribution in [2.75, 3.05) is 7.05 Å². The Hall–Kier alpha value is -1.93. The Morgan fingerprint density at radius 3 is 2.28 bits per heavy atom. The lowest BCUT2D eigenvalue weighted by atomic mass is 10.0. The van der Waals surface area contributed by atoms with Crippen LogP contribution in [0.1, 0.15) is 44.5 Å². The molecule has 0 radical (unpaired) electrons. The zero-order valence-electron chi connectivity index (χ0n) is 15.2. The van der Waals surface area contributed by atoms with E-state index in [0.717, 1.165) is 0 Å². The van der Waals surface area contributed by atoms with E-state index in [0.29, 0.717) is 0 Å². The third-order valence-electron chi connectivity index (χ3n) is 3.81. The molecule has 1 atom stereocenters. The van der Waals surface area contributed by atoms with Crippen LogP contribution in [0.3, 0.4) is 0 Å². The Morgan fingerprint density at radius 2 is 1.80 bits per heavy atom. The highest BCUT2D eigenvalue weighted by Gasteiger charge is 2.25. The second-order valence-electron chi connectivity index (χ2n) is 6.64. The first-order valence-electron chi connectivity index (χ1n) is 8.08. The number of carbonyl (C=O) groups is 2. The maximum Gasteiger partial charge on any atom is 0.326 e. The highest BCUT2D eigenvalue weighted by atomic mass is 32.2. The molecule has 0 unspecified atom stereocenters. The van der Waals surface area contributed by atoms with Gasteiger partial charge in [-0.15, -0.1) is 0 Å². The predicted molar refractivity (Wildman–Crippen MR) is 94.9 cm³/mol. The quantitative estimate of drug-likeness (QED) is 0.728. The SMILES string of the molecule is CC(C)C[C@H](NC(=O)c1cccc(S(=O)(=O)N(C)C(C)C)c1)C(=O)O. The van der Waals surface area contributed by atoms with E-state index in [9.17, 15) is 23.1 Å². The first-order chi connectivity index (χ1) is 11.5. The molecule has 0 bridgehead atoms. The molecule has 2 N–H and O–H groups in total. The molecule has 0 aromatic heterocycles. The molecule has 8 heteroatoms. The maximum atomic E-state index is 12.5. The predicted octanol–water partition coefficient (Wildman–Crippen LogP) is 1.94. The van der Waals surface area contributed by atoms with Gasteiger partial charge in [0.05, 0.1) is 4.90 Å². The third kappa shape index (κ3) is 5.54. The summed E-state index contributed by atoms with van der Waals surface area (Å²) in [4.78, 5) is 23.6. The molecule has 0 saturated carbocycles. The lowest BCUT2D eigenvalue weighted by Gasteiger charge is -2.21. The second kappa shape index (κ2) is 8.44. The van der Waals surface area contributed by atoms with E-state index >= 15 is 0 Å². The molecule has 1 amide bonds. The van der Waals surface area contributed by atoms with Gasteiger partial charge in [-0.3, -0.25) is 4.79 Å². The summed E-state index contributed by atoms with van der Waals surface area (Å²) in [6.07, 6.45) is 0.287. The highest BCUT2D eigenvalue weighted by molar-refractivity contribution is 7.89. The Labute approximate surface area is 149 Å². The van der Waals surface area contributed by atoms with E-state index in [1.807, 2.05) is 13.8 Å². The van der Waals surface area contributed by atoms with Crippen molar-refractivity contribution in [2.45, 2.75) is 51.1 Å². The number of nitrogens with one attached hydrogen (secondary N) is 1. The first kappa shape index (κ1) is 21.1. The first-order valence-corrected chi connectivity index (χ1v) is 9.52. The van der Waals surface area contributed by atoms with Gasteiger partial charge in [0.2, 0.25) is 10.0 Å². The topological polar surface area (TPSA) is 104 Å². The van der Waals surface area contributed by atoms with Crippen LogP contribution in [0, 0.1) is 5.92 Å². The number of carboxylic acids is 1. The molecule has 1 rings (SSSR count). The molecule has 1 aromatic carbocycles. The maximum absolute atomic E-state index is 12.5. The number of carbonyl (C=O) groups excluding carboxylic acids is 1. The average Bonchev–Trinajstić information content (AvgIpc) is 2.52. The van der Waals surface area contributed by atoms with E-state index in [-0.39, 0.29) is 28.8 Å². The minimum absolute atomic E-state index is 0.00733. The van der Waals surface area contributed by atoms with Crippen molar-refractivity contribution in [2.24, 2.45) is 5.92 Å². The fourth-order valence-electron chi connectivity index (χ4n) is 2.18. The van der Waals surface area contributed by atoms with Crippen LogP contribution in [0.2, 0.25) is 0 Å². The van der Waals surface area contributed by atoms with Gasteiger partial charge >= 0.3 is 5.97 Å². The van der Waals surface area contributed by atoms with E-state index in [2.05, 4.69) is 5.32 Å². The largest absolute Gasteiger partial charge is 0.480 e. The van der Waals surface area contributed by atoms with Gasteiger partial charge in [-0.2, -0.15) is 4.31 Å². The van der Waals surface area contributed by atoms with Crippen molar-refractivity contribution in [3.05, 3.63) is 29.8 Å². The standard InChI is InChI=1S/C17H26N2O5S/c1-11(2)9-15(17(21)22)18-16(20)13-7-6-8-14(10-13)25(23,24)19(5)12(3)4/h6-8,10-12,15H,9H2,1-5H3,(H,18,20)(H,21,22)/t15-/m0/s1. The number of rotatable bonds is 8. The van der Waals surface area contributed by atoms with Crippen molar-refractivity contribution >= 4 is 21.9 Å². The Bertz CT molecular complexity index is 728. The van der Waals surface area contributed by atoms with Gasteiger partial charge in [0, 0.05) is 18.7 Å². The smallest absolute Gasteiger partial charge is 0.326 e. The molecule has 140 valence electrons. The normalized spacial score (nSPS) is 13.3. The fraction of sp³-hybridized carbons (Fsp3) is 0.529. The van der Waals surface area contributed by atoms with Gasteiger partial charge in [-0.05, 0) is 44.4 Å². The van der Waals surface area contributed by atoms with E-state index in [1.165, 1.54) is 35.6 Å². The molecule has 0 aliphatic carbocycles. The number of hydrogen-bond donors (Lipinski definition) is 2. The number of sulfonamides is 1. The summed E-state index contributed by atoms with van der Waals surface area (Å²) >= 11 is 0. The summed E-state index contributed by atoms with van der Waals surface area (Å²) in [5.41, 5.74) is 0.105. The van der Waals surface area contributed by atoms with Crippen molar-refractivity contribution in [1.29, 1.82) is 0 Å². The van der Waals surface area contributed by atoms with Crippen molar-refractivity contribution in [1.82, 2.24) is 9.62 Å².